The molecule has 2 nitrogen and oxygen atoms in total. The molecule has 0 aliphatic rings. The summed E-state index contributed by atoms with van der Waals surface area (Å²) in [4.78, 5) is 0. The maximum Gasteiger partial charge on any atom is 0.136 e. The van der Waals surface area contributed by atoms with Crippen molar-refractivity contribution < 1.29 is 4.55 Å². The van der Waals surface area contributed by atoms with Crippen molar-refractivity contribution >= 4 is 38.9 Å². The Kier molecular flexibility index (Phi) is 7.09. The zero-order valence-corrected chi connectivity index (χ0v) is 15.2. The van der Waals surface area contributed by atoms with E-state index in [0.29, 0.717) is 5.02 Å². The summed E-state index contributed by atoms with van der Waals surface area (Å²) in [7, 11) is 0. The highest BCUT2D eigenvalue weighted by molar-refractivity contribution is 9.10. The van der Waals surface area contributed by atoms with Crippen molar-refractivity contribution in [1.29, 1.82) is 0 Å². The minimum absolute atomic E-state index is 0.0267. The van der Waals surface area contributed by atoms with Crippen molar-refractivity contribution in [3.8, 4) is 0 Å². The Hall–Kier alpha value is -0.0000000000000000555. The molecule has 0 aromatic heterocycles. The second-order valence-electron chi connectivity index (χ2n) is 5.58. The van der Waals surface area contributed by atoms with Gasteiger partial charge in [-0.15, -0.1) is 11.3 Å². The van der Waals surface area contributed by atoms with Gasteiger partial charge in [-0.3, -0.25) is 0 Å². The first-order valence-corrected chi connectivity index (χ1v) is 8.81. The minimum Gasteiger partial charge on any atom is -0.598 e. The van der Waals surface area contributed by atoms with Gasteiger partial charge in [0, 0.05) is 20.9 Å². The van der Waals surface area contributed by atoms with Gasteiger partial charge in [0.1, 0.15) is 4.75 Å². The number of benzene rings is 1. The van der Waals surface area contributed by atoms with E-state index in [1.54, 1.807) is 0 Å². The van der Waals surface area contributed by atoms with E-state index in [-0.39, 0.29) is 10.8 Å². The Bertz CT molecular complexity index is 462. The van der Waals surface area contributed by atoms with E-state index >= 15 is 0 Å². The van der Waals surface area contributed by atoms with Crippen LogP contribution in [-0.4, -0.2) is 9.30 Å². The van der Waals surface area contributed by atoms with Crippen LogP contribution in [0.2, 0.25) is 5.02 Å². The molecule has 0 spiro atoms. The summed E-state index contributed by atoms with van der Waals surface area (Å²) in [5.74, 6) is 0. The molecule has 0 amide bonds. The molecule has 0 unspecified atom stereocenters. The molecule has 112 valence electrons. The Morgan fingerprint density at radius 1 is 1.50 bits per heavy atom. The smallest absolute Gasteiger partial charge is 0.136 e. The monoisotopic (exact) mass is 377 g/mol. The Morgan fingerprint density at radius 2 is 2.15 bits per heavy atom. The second-order valence-corrected chi connectivity index (χ2v) is 8.87. The highest BCUT2D eigenvalue weighted by atomic mass is 79.9. The van der Waals surface area contributed by atoms with E-state index in [4.69, 9.17) is 11.6 Å². The molecule has 0 bridgehead atoms. The van der Waals surface area contributed by atoms with Gasteiger partial charge in [-0.1, -0.05) is 33.6 Å². The number of hydrogen-bond donors (Lipinski definition) is 1. The van der Waals surface area contributed by atoms with Gasteiger partial charge in [0.15, 0.2) is 0 Å². The molecular weight excluding hydrogens is 358 g/mol. The summed E-state index contributed by atoms with van der Waals surface area (Å²) in [6.45, 7) is 9.61. The van der Waals surface area contributed by atoms with Crippen LogP contribution in [0.15, 0.2) is 35.3 Å². The standard InChI is InChI=1S/C15H21BrClNOS/c1-5-6-7-14(18-20(19)15(2,3)4)12-10-11(17)8-9-13(12)16/h5,8-10,14,18H,1,6-7H2,2-4H3/t14-,20-/m0/s1. The summed E-state index contributed by atoms with van der Waals surface area (Å²) in [5.41, 5.74) is 1.02. The molecule has 0 aliphatic carbocycles. The number of nitrogens with one attached hydrogen (secondary N) is 1. The van der Waals surface area contributed by atoms with Crippen LogP contribution in [0, 0.1) is 0 Å². The average Bonchev–Trinajstić information content (AvgIpc) is 2.36. The fourth-order valence-corrected chi connectivity index (χ4v) is 3.21. The maximum absolute atomic E-state index is 12.3. The van der Waals surface area contributed by atoms with E-state index in [0.717, 1.165) is 22.9 Å². The van der Waals surface area contributed by atoms with Crippen molar-refractivity contribution in [2.75, 3.05) is 0 Å². The lowest BCUT2D eigenvalue weighted by atomic mass is 10.0. The summed E-state index contributed by atoms with van der Waals surface area (Å²) >= 11 is 8.48. The first kappa shape index (κ1) is 18.1. The molecule has 20 heavy (non-hydrogen) atoms. The Balaban J connectivity index is 2.99. The van der Waals surface area contributed by atoms with E-state index in [1.807, 2.05) is 45.0 Å². The topological polar surface area (TPSA) is 35.1 Å². The van der Waals surface area contributed by atoms with Gasteiger partial charge in [0.05, 0.1) is 6.04 Å². The van der Waals surface area contributed by atoms with E-state index < -0.39 is 11.4 Å². The first-order chi connectivity index (χ1) is 9.25. The lowest BCUT2D eigenvalue weighted by Gasteiger charge is -2.28. The quantitative estimate of drug-likeness (QED) is 0.548. The molecular formula is C15H21BrClNOS. The fraction of sp³-hybridized carbons (Fsp3) is 0.467. The molecule has 1 rings (SSSR count). The number of halogens is 2. The number of hydrogen-bond acceptors (Lipinski definition) is 2. The maximum atomic E-state index is 12.3. The van der Waals surface area contributed by atoms with Gasteiger partial charge in [0.25, 0.3) is 0 Å². The van der Waals surface area contributed by atoms with Crippen molar-refractivity contribution in [3.63, 3.8) is 0 Å². The molecule has 0 heterocycles. The molecule has 0 aliphatic heterocycles. The van der Waals surface area contributed by atoms with E-state index in [9.17, 15) is 4.55 Å². The van der Waals surface area contributed by atoms with Gasteiger partial charge < -0.3 is 4.55 Å². The fourth-order valence-electron chi connectivity index (χ4n) is 1.65. The molecule has 0 saturated carbocycles. The van der Waals surface area contributed by atoms with Crippen LogP contribution >= 0.6 is 27.5 Å². The molecule has 1 N–H and O–H groups in total. The van der Waals surface area contributed by atoms with Crippen LogP contribution < -0.4 is 4.72 Å². The van der Waals surface area contributed by atoms with Gasteiger partial charge in [-0.05, 0) is 57.4 Å². The van der Waals surface area contributed by atoms with Crippen LogP contribution in [-0.2, 0) is 11.4 Å². The second kappa shape index (κ2) is 7.85. The minimum atomic E-state index is -1.13. The third-order valence-electron chi connectivity index (χ3n) is 2.80. The van der Waals surface area contributed by atoms with Gasteiger partial charge >= 0.3 is 0 Å². The molecule has 0 saturated heterocycles. The molecule has 0 fully saturated rings. The Labute approximate surface area is 138 Å². The SMILES string of the molecule is C=CCC[C@H](N[S@@+]([O-])C(C)(C)C)c1cc(Cl)ccc1Br. The van der Waals surface area contributed by atoms with Gasteiger partial charge in [0.2, 0.25) is 0 Å². The molecule has 1 aromatic carbocycles. The van der Waals surface area contributed by atoms with Crippen molar-refractivity contribution in [3.05, 3.63) is 45.9 Å². The summed E-state index contributed by atoms with van der Waals surface area (Å²) in [5, 5.41) is 0.676. The summed E-state index contributed by atoms with van der Waals surface area (Å²) < 4.78 is 16.2. The molecule has 2 atom stereocenters. The van der Waals surface area contributed by atoms with Crippen LogP contribution in [0.25, 0.3) is 0 Å². The molecule has 0 radical (unpaired) electrons. The predicted molar refractivity (Wildman–Crippen MR) is 92.4 cm³/mol. The number of rotatable bonds is 6. The number of allylic oxidation sites excluding steroid dienone is 1. The normalized spacial score (nSPS) is 14.9. The van der Waals surface area contributed by atoms with Crippen LogP contribution in [0.5, 0.6) is 0 Å². The molecule has 1 aromatic rings. The highest BCUT2D eigenvalue weighted by Gasteiger charge is 2.30. The van der Waals surface area contributed by atoms with Crippen molar-refractivity contribution in [2.24, 2.45) is 0 Å². The average molecular weight is 379 g/mol. The zero-order valence-electron chi connectivity index (χ0n) is 12.1. The van der Waals surface area contributed by atoms with Crippen LogP contribution in [0.3, 0.4) is 0 Å². The first-order valence-electron chi connectivity index (χ1n) is 6.49. The van der Waals surface area contributed by atoms with E-state index in [2.05, 4.69) is 27.2 Å². The largest absolute Gasteiger partial charge is 0.598 e. The summed E-state index contributed by atoms with van der Waals surface area (Å²) in [6, 6.07) is 5.63. The van der Waals surface area contributed by atoms with Crippen LogP contribution in [0.1, 0.15) is 45.2 Å². The third kappa shape index (κ3) is 5.41. The lowest BCUT2D eigenvalue weighted by molar-refractivity contribution is 0.512. The van der Waals surface area contributed by atoms with Crippen LogP contribution in [0.4, 0.5) is 0 Å². The third-order valence-corrected chi connectivity index (χ3v) is 5.37. The predicted octanol–water partition coefficient (Wildman–Crippen LogP) is 5.16. The molecule has 5 heteroatoms. The van der Waals surface area contributed by atoms with Crippen molar-refractivity contribution in [1.82, 2.24) is 4.72 Å². The zero-order chi connectivity index (χ0) is 15.3. The van der Waals surface area contributed by atoms with Crippen molar-refractivity contribution in [2.45, 2.75) is 44.4 Å². The Morgan fingerprint density at radius 3 is 2.70 bits per heavy atom. The highest BCUT2D eigenvalue weighted by Crippen LogP contribution is 2.31. The van der Waals surface area contributed by atoms with E-state index in [1.165, 1.54) is 0 Å². The summed E-state index contributed by atoms with van der Waals surface area (Å²) in [6.07, 6.45) is 3.54. The van der Waals surface area contributed by atoms with Gasteiger partial charge in [-0.25, -0.2) is 0 Å². The lowest BCUT2D eigenvalue weighted by Crippen LogP contribution is -2.41. The van der Waals surface area contributed by atoms with Gasteiger partial charge in [-0.2, -0.15) is 0 Å².